The fraction of sp³-hybridized carbons (Fsp3) is 0.144. The molecule has 6 aliphatic rings. The molecule has 8 aromatic carbocycles. The quantitative estimate of drug-likeness (QED) is 0.0940. The van der Waals surface area contributed by atoms with E-state index in [1.807, 2.05) is 102 Å². The van der Waals surface area contributed by atoms with Crippen LogP contribution in [0.1, 0.15) is 109 Å². The molecule has 0 radical (unpaired) electrons. The second-order valence-corrected chi connectivity index (χ2v) is 32.7. The third kappa shape index (κ3) is 17.4. The van der Waals surface area contributed by atoms with Crippen LogP contribution >= 0.6 is 0 Å². The van der Waals surface area contributed by atoms with Gasteiger partial charge in [-0.25, -0.2) is 31.0 Å². The van der Waals surface area contributed by atoms with Gasteiger partial charge in [0.1, 0.15) is 29.0 Å². The molecule has 0 saturated heterocycles. The number of hydrogen-bond acceptors (Lipinski definition) is 14. The summed E-state index contributed by atoms with van der Waals surface area (Å²) in [6.45, 7) is 9.64. The first-order valence-corrected chi connectivity index (χ1v) is 41.4. The van der Waals surface area contributed by atoms with Crippen LogP contribution in [0.2, 0.25) is 0 Å². The highest BCUT2D eigenvalue weighted by Crippen LogP contribution is 2.37. The standard InChI is InChI=1S/C23H18FN3O.C20H17N3O.C18H15FN4O.C18H16FN3O2S.C18H14FN3O/c1-14-9-18-10-15(6-7-21(18)26-14)16-4-5-17(20(24)11-16)12-27-13-22-19(23(27)28)3-2-8-25-22;1-14-10-15(16-4-2-8-21-11-16)6-7-17(14)12-23-13-18-5-3-9-22-19(18)20(23)24;1-22-9-14(8-21-22)13-6-16(19)17(20-7-13)11-23-10-12-4-2-3-5-15(12)18(23)24;1-21-10-16(9-20-21)13-6-7-14(17(19)8-13)11-22-12-15-4-2-3-5-18(15)25(22,23)24;19-17-9-15(21-8-7-20-12-21)6-5-14(17)11-22-10-13-3-1-2-4-16(13)18(22)23/h2-8,10-11,26H,1,9,12-13H2;2-11H,12-13H2,1H3;2-9H,10-11H2,1H3;2-10H,11-12H2,1H3;1-9,12H,10-11H2. The number of benzene rings is 8. The zero-order chi connectivity index (χ0) is 85.9. The first-order chi connectivity index (χ1) is 60.1. The zero-order valence-corrected chi connectivity index (χ0v) is 68.4. The lowest BCUT2D eigenvalue weighted by Crippen LogP contribution is -2.24. The number of nitrogens with zero attached hydrogens (tertiary/aromatic N) is 15. The number of pyridine rings is 4. The van der Waals surface area contributed by atoms with Gasteiger partial charge in [0, 0.05) is 196 Å². The number of carbonyl (C=O) groups excluding carboxylic acids is 4. The maximum Gasteiger partial charge on any atom is 0.273 e. The maximum atomic E-state index is 14.8. The van der Waals surface area contributed by atoms with Crippen molar-refractivity contribution in [2.45, 2.75) is 83.7 Å². The van der Waals surface area contributed by atoms with Crippen molar-refractivity contribution in [3.63, 3.8) is 0 Å². The van der Waals surface area contributed by atoms with E-state index in [0.717, 1.165) is 84.7 Å². The molecule has 618 valence electrons. The number of aromatic nitrogens is 10. The monoisotopic (exact) mass is 1670 g/mol. The summed E-state index contributed by atoms with van der Waals surface area (Å²) in [6, 6.07) is 62.1. The van der Waals surface area contributed by atoms with E-state index in [1.54, 1.807) is 184 Å². The summed E-state index contributed by atoms with van der Waals surface area (Å²) in [5.41, 5.74) is 21.9. The average Bonchev–Trinajstić information content (AvgIpc) is 1.61. The molecular formula is C97H80F4N16O6S. The van der Waals surface area contributed by atoms with Gasteiger partial charge in [0.2, 0.25) is 10.0 Å². The minimum atomic E-state index is -3.57. The van der Waals surface area contributed by atoms with Crippen LogP contribution < -0.4 is 5.32 Å². The Labute approximate surface area is 712 Å². The molecule has 0 bridgehead atoms. The van der Waals surface area contributed by atoms with Gasteiger partial charge in [0.05, 0.1) is 53.7 Å². The molecule has 0 fully saturated rings. The molecule has 0 saturated carbocycles. The van der Waals surface area contributed by atoms with Gasteiger partial charge < -0.3 is 29.5 Å². The average molecular weight is 1670 g/mol. The molecule has 1 N–H and O–H groups in total. The van der Waals surface area contributed by atoms with E-state index in [9.17, 15) is 45.2 Å². The topological polar surface area (TPSA) is 236 Å². The summed E-state index contributed by atoms with van der Waals surface area (Å²) in [7, 11) is 0.0327. The van der Waals surface area contributed by atoms with E-state index in [4.69, 9.17) is 0 Å². The van der Waals surface area contributed by atoms with Crippen LogP contribution in [-0.2, 0) is 96.0 Å². The third-order valence-corrected chi connectivity index (χ3v) is 24.3. The maximum absolute atomic E-state index is 14.8. The number of halogens is 4. The van der Waals surface area contributed by atoms with Crippen LogP contribution in [0.25, 0.3) is 50.2 Å². The van der Waals surface area contributed by atoms with E-state index in [0.29, 0.717) is 93.5 Å². The number of allylic oxidation sites excluding steroid dienone is 1. The second kappa shape index (κ2) is 35.0. The first kappa shape index (κ1) is 81.4. The van der Waals surface area contributed by atoms with Gasteiger partial charge in [-0.05, 0) is 153 Å². The molecule has 0 atom stereocenters. The zero-order valence-electron chi connectivity index (χ0n) is 67.6. The minimum absolute atomic E-state index is 0.0101. The van der Waals surface area contributed by atoms with Gasteiger partial charge in [-0.15, -0.1) is 0 Å². The number of amides is 4. The normalized spacial score (nSPS) is 14.2. The number of sulfonamides is 1. The Kier molecular flexibility index (Phi) is 23.0. The fourth-order valence-corrected chi connectivity index (χ4v) is 17.5. The van der Waals surface area contributed by atoms with E-state index in [2.05, 4.69) is 78.2 Å². The van der Waals surface area contributed by atoms with Gasteiger partial charge >= 0.3 is 0 Å². The van der Waals surface area contributed by atoms with Gasteiger partial charge in [0.15, 0.2) is 0 Å². The van der Waals surface area contributed by atoms with Gasteiger partial charge in [-0.2, -0.15) is 14.5 Å². The Balaban J connectivity index is 0.000000110. The second-order valence-electron chi connectivity index (χ2n) is 30.8. The van der Waals surface area contributed by atoms with Crippen LogP contribution in [-0.4, -0.2) is 105 Å². The van der Waals surface area contributed by atoms with Crippen molar-refractivity contribution in [1.29, 1.82) is 0 Å². The SMILES string of the molecule is C=C1Cc2cc(-c3ccc(CN4Cc5ncccc5C4=O)c(F)c3)ccc2N1.Cc1cc(-c2cccnc2)ccc1CN1Cc2cccnc2C1=O.Cn1cc(-c2ccc(CN3Cc4ccccc4S3(=O)=O)c(F)c2)cn1.Cn1cc(-c2cnc(CN3Cc4ccccc4C3=O)c(F)c2)cn1.O=C1c2ccccc2CN1Cc1ccc(-n2ccnc2)cc1F. The highest BCUT2D eigenvalue weighted by Gasteiger charge is 2.36. The number of hydrogen-bond donors (Lipinski definition) is 1. The molecule has 0 unspecified atom stereocenters. The molecule has 6 aliphatic heterocycles. The summed E-state index contributed by atoms with van der Waals surface area (Å²) in [4.78, 5) is 77.5. The molecule has 7 aromatic heterocycles. The lowest BCUT2D eigenvalue weighted by atomic mass is 10.00. The van der Waals surface area contributed by atoms with Crippen molar-refractivity contribution in [1.82, 2.24) is 73.0 Å². The summed E-state index contributed by atoms with van der Waals surface area (Å²) in [5.74, 6) is -1.68. The predicted molar refractivity (Wildman–Crippen MR) is 460 cm³/mol. The van der Waals surface area contributed by atoms with Crippen LogP contribution in [0, 0.1) is 30.2 Å². The lowest BCUT2D eigenvalue weighted by molar-refractivity contribution is 0.0755. The Morgan fingerprint density at radius 1 is 0.419 bits per heavy atom. The number of imidazole rings is 1. The molecule has 27 heteroatoms. The van der Waals surface area contributed by atoms with Crippen molar-refractivity contribution < 1.29 is 45.2 Å². The molecule has 124 heavy (non-hydrogen) atoms. The Morgan fingerprint density at radius 3 is 1.56 bits per heavy atom. The van der Waals surface area contributed by atoms with Crippen molar-refractivity contribution >= 4 is 39.3 Å². The number of carbonyl (C=O) groups is 4. The van der Waals surface area contributed by atoms with Crippen molar-refractivity contribution in [2.75, 3.05) is 5.32 Å². The van der Waals surface area contributed by atoms with E-state index in [1.165, 1.54) is 33.6 Å². The molecule has 0 aliphatic carbocycles. The highest BCUT2D eigenvalue weighted by atomic mass is 32.2. The lowest BCUT2D eigenvalue weighted by Gasteiger charge is -2.17. The summed E-state index contributed by atoms with van der Waals surface area (Å²) in [6.07, 6.45) is 21.3. The number of rotatable bonds is 15. The van der Waals surface area contributed by atoms with E-state index < -0.39 is 21.7 Å². The summed E-state index contributed by atoms with van der Waals surface area (Å²) < 4.78 is 89.6. The minimum Gasteiger partial charge on any atom is -0.359 e. The highest BCUT2D eigenvalue weighted by molar-refractivity contribution is 7.89. The van der Waals surface area contributed by atoms with Crippen molar-refractivity contribution in [2.24, 2.45) is 14.1 Å². The number of fused-ring (bicyclic) bond motifs is 6. The molecular weight excluding hydrogens is 1590 g/mol. The number of anilines is 1. The van der Waals surface area contributed by atoms with E-state index in [-0.39, 0.29) is 73.7 Å². The predicted octanol–water partition coefficient (Wildman–Crippen LogP) is 17.0. The largest absolute Gasteiger partial charge is 0.359 e. The third-order valence-electron chi connectivity index (χ3n) is 22.4. The smallest absolute Gasteiger partial charge is 0.273 e. The molecule has 0 spiro atoms. The number of aryl methyl sites for hydroxylation is 3. The van der Waals surface area contributed by atoms with Gasteiger partial charge in [-0.3, -0.25) is 48.5 Å². The first-order valence-electron chi connectivity index (χ1n) is 39.9. The Morgan fingerprint density at radius 2 is 0.952 bits per heavy atom. The summed E-state index contributed by atoms with van der Waals surface area (Å²) in [5, 5.41) is 11.4. The van der Waals surface area contributed by atoms with Crippen LogP contribution in [0.3, 0.4) is 0 Å². The molecule has 21 rings (SSSR count). The van der Waals surface area contributed by atoms with Crippen LogP contribution in [0.4, 0.5) is 23.2 Å². The van der Waals surface area contributed by atoms with Gasteiger partial charge in [0.25, 0.3) is 23.6 Å². The fourth-order valence-electron chi connectivity index (χ4n) is 15.9. The Bertz CT molecular complexity index is 6780. The summed E-state index contributed by atoms with van der Waals surface area (Å²) >= 11 is 0. The van der Waals surface area contributed by atoms with Crippen LogP contribution in [0.15, 0.2) is 298 Å². The van der Waals surface area contributed by atoms with E-state index >= 15 is 0 Å². The van der Waals surface area contributed by atoms with Crippen molar-refractivity contribution in [3.05, 3.63) is 406 Å². The molecule has 13 heterocycles. The molecule has 4 amide bonds. The Hall–Kier alpha value is -15.0. The van der Waals surface area contributed by atoms with Crippen LogP contribution in [0.5, 0.6) is 0 Å². The molecule has 22 nitrogen and oxygen atoms in total. The molecule has 15 aromatic rings. The number of nitrogens with one attached hydrogen (secondary N) is 1. The van der Waals surface area contributed by atoms with Crippen molar-refractivity contribution in [3.8, 4) is 50.2 Å². The van der Waals surface area contributed by atoms with Gasteiger partial charge in [-0.1, -0.05) is 128 Å².